The van der Waals surface area contributed by atoms with Gasteiger partial charge in [-0.3, -0.25) is 19.8 Å². The van der Waals surface area contributed by atoms with E-state index in [2.05, 4.69) is 15.5 Å². The third-order valence-corrected chi connectivity index (χ3v) is 5.50. The Kier molecular flexibility index (Phi) is 5.48. The SMILES string of the molecule is Cc1nnc(NC(=O)CN2C(=O)/C(=C\c3ccc(Cl)cc3)SC2=S)s1. The van der Waals surface area contributed by atoms with Crippen LogP contribution in [0.1, 0.15) is 10.6 Å². The quantitative estimate of drug-likeness (QED) is 0.615. The van der Waals surface area contributed by atoms with Gasteiger partial charge in [0.05, 0.1) is 4.91 Å². The van der Waals surface area contributed by atoms with Gasteiger partial charge in [0.25, 0.3) is 5.91 Å². The lowest BCUT2D eigenvalue weighted by Gasteiger charge is -2.13. The lowest BCUT2D eigenvalue weighted by molar-refractivity contribution is -0.126. The average Bonchev–Trinajstić information content (AvgIpc) is 3.08. The van der Waals surface area contributed by atoms with E-state index in [1.807, 2.05) is 0 Å². The van der Waals surface area contributed by atoms with Crippen molar-refractivity contribution in [1.29, 1.82) is 0 Å². The van der Waals surface area contributed by atoms with Crippen LogP contribution < -0.4 is 5.32 Å². The van der Waals surface area contributed by atoms with E-state index in [1.54, 1.807) is 37.3 Å². The third kappa shape index (κ3) is 4.43. The fourth-order valence-electron chi connectivity index (χ4n) is 2.00. The van der Waals surface area contributed by atoms with E-state index in [0.717, 1.165) is 22.3 Å². The molecule has 0 atom stereocenters. The normalized spacial score (nSPS) is 15.9. The second-order valence-electron chi connectivity index (χ2n) is 4.99. The minimum Gasteiger partial charge on any atom is -0.299 e. The van der Waals surface area contributed by atoms with Crippen LogP contribution in [-0.4, -0.2) is 37.8 Å². The van der Waals surface area contributed by atoms with Gasteiger partial charge in [-0.2, -0.15) is 0 Å². The standard InChI is InChI=1S/C15H11ClN4O2S3/c1-8-18-19-14(24-8)17-12(21)7-20-13(22)11(25-15(20)23)6-9-2-4-10(16)5-3-9/h2-6H,7H2,1H3,(H,17,19,21)/b11-6+. The summed E-state index contributed by atoms with van der Waals surface area (Å²) in [7, 11) is 0. The summed E-state index contributed by atoms with van der Waals surface area (Å²) in [5.74, 6) is -0.672. The van der Waals surface area contributed by atoms with Crippen LogP contribution in [0.3, 0.4) is 0 Å². The fourth-order valence-corrected chi connectivity index (χ4v) is 3.99. The molecular formula is C15H11ClN4O2S3. The molecule has 1 aromatic carbocycles. The first-order valence-corrected chi connectivity index (χ1v) is 9.45. The number of aromatic nitrogens is 2. The van der Waals surface area contributed by atoms with Crippen molar-refractivity contribution in [1.82, 2.24) is 15.1 Å². The molecule has 0 radical (unpaired) electrons. The van der Waals surface area contributed by atoms with E-state index in [4.69, 9.17) is 23.8 Å². The number of hydrogen-bond donors (Lipinski definition) is 1. The largest absolute Gasteiger partial charge is 0.299 e. The lowest BCUT2D eigenvalue weighted by atomic mass is 10.2. The van der Waals surface area contributed by atoms with E-state index in [0.29, 0.717) is 19.4 Å². The summed E-state index contributed by atoms with van der Waals surface area (Å²) >= 11 is 13.5. The zero-order chi connectivity index (χ0) is 18.0. The minimum atomic E-state index is -0.375. The highest BCUT2D eigenvalue weighted by atomic mass is 35.5. The number of rotatable bonds is 4. The van der Waals surface area contributed by atoms with Crippen LogP contribution in [0.15, 0.2) is 29.2 Å². The molecule has 25 heavy (non-hydrogen) atoms. The Morgan fingerprint density at radius 1 is 1.36 bits per heavy atom. The van der Waals surface area contributed by atoms with Gasteiger partial charge in [-0.25, -0.2) is 0 Å². The second kappa shape index (κ2) is 7.61. The first-order chi connectivity index (χ1) is 11.9. The maximum Gasteiger partial charge on any atom is 0.266 e. The number of halogens is 1. The molecule has 2 amide bonds. The molecule has 6 nitrogen and oxygen atoms in total. The summed E-state index contributed by atoms with van der Waals surface area (Å²) in [6.45, 7) is 1.62. The molecule has 1 aliphatic heterocycles. The van der Waals surface area contributed by atoms with E-state index in [9.17, 15) is 9.59 Å². The average molecular weight is 411 g/mol. The number of aryl methyl sites for hydroxylation is 1. The van der Waals surface area contributed by atoms with Gasteiger partial charge >= 0.3 is 0 Å². The molecule has 2 aromatic rings. The number of hydrogen-bond acceptors (Lipinski definition) is 7. The van der Waals surface area contributed by atoms with Crippen molar-refractivity contribution >= 4 is 74.3 Å². The van der Waals surface area contributed by atoms with Crippen molar-refractivity contribution in [3.63, 3.8) is 0 Å². The molecule has 1 aromatic heterocycles. The first-order valence-electron chi connectivity index (χ1n) is 7.03. The molecular weight excluding hydrogens is 400 g/mol. The summed E-state index contributed by atoms with van der Waals surface area (Å²) in [5, 5.41) is 12.0. The molecule has 1 fully saturated rings. The van der Waals surface area contributed by atoms with Gasteiger partial charge in [0.15, 0.2) is 0 Å². The summed E-state index contributed by atoms with van der Waals surface area (Å²) in [6, 6.07) is 7.09. The number of carbonyl (C=O) groups excluding carboxylic acids is 2. The minimum absolute atomic E-state index is 0.165. The Bertz CT molecular complexity index is 879. The monoisotopic (exact) mass is 410 g/mol. The number of carbonyl (C=O) groups is 2. The van der Waals surface area contributed by atoms with Gasteiger partial charge in [-0.1, -0.05) is 59.1 Å². The Labute approximate surface area is 162 Å². The summed E-state index contributed by atoms with van der Waals surface area (Å²) in [6.07, 6.45) is 1.72. The number of nitrogens with zero attached hydrogens (tertiary/aromatic N) is 3. The van der Waals surface area contributed by atoms with Crippen molar-refractivity contribution in [3.8, 4) is 0 Å². The van der Waals surface area contributed by atoms with Crippen LogP contribution in [0.5, 0.6) is 0 Å². The van der Waals surface area contributed by atoms with Gasteiger partial charge in [0, 0.05) is 5.02 Å². The smallest absolute Gasteiger partial charge is 0.266 e. The van der Waals surface area contributed by atoms with Crippen LogP contribution in [0, 0.1) is 6.92 Å². The van der Waals surface area contributed by atoms with Crippen LogP contribution in [-0.2, 0) is 9.59 Å². The van der Waals surface area contributed by atoms with E-state index in [1.165, 1.54) is 16.2 Å². The van der Waals surface area contributed by atoms with Gasteiger partial charge in [0.2, 0.25) is 11.0 Å². The number of amides is 2. The first kappa shape index (κ1) is 18.0. The second-order valence-corrected chi connectivity index (χ2v) is 8.29. The molecule has 1 N–H and O–H groups in total. The molecule has 1 saturated heterocycles. The third-order valence-electron chi connectivity index (χ3n) is 3.12. The van der Waals surface area contributed by atoms with Crippen LogP contribution in [0.25, 0.3) is 6.08 Å². The molecule has 0 spiro atoms. The Morgan fingerprint density at radius 3 is 2.72 bits per heavy atom. The number of thiocarbonyl (C=S) groups is 1. The molecule has 0 bridgehead atoms. The van der Waals surface area contributed by atoms with Gasteiger partial charge in [-0.05, 0) is 30.7 Å². The lowest BCUT2D eigenvalue weighted by Crippen LogP contribution is -2.36. The van der Waals surface area contributed by atoms with E-state index < -0.39 is 0 Å². The van der Waals surface area contributed by atoms with Crippen molar-refractivity contribution < 1.29 is 9.59 Å². The van der Waals surface area contributed by atoms with Gasteiger partial charge < -0.3 is 0 Å². The van der Waals surface area contributed by atoms with Gasteiger partial charge in [-0.15, -0.1) is 10.2 Å². The number of benzene rings is 1. The molecule has 2 heterocycles. The highest BCUT2D eigenvalue weighted by molar-refractivity contribution is 8.26. The van der Waals surface area contributed by atoms with E-state index >= 15 is 0 Å². The predicted octanol–water partition coefficient (Wildman–Crippen LogP) is 3.34. The Balaban J connectivity index is 1.68. The van der Waals surface area contributed by atoms with Crippen LogP contribution >= 0.6 is 46.9 Å². The molecule has 128 valence electrons. The highest BCUT2D eigenvalue weighted by Gasteiger charge is 2.33. The number of thioether (sulfide) groups is 1. The van der Waals surface area contributed by atoms with Crippen molar-refractivity contribution in [2.75, 3.05) is 11.9 Å². The molecule has 0 aliphatic carbocycles. The number of nitrogens with one attached hydrogen (secondary N) is 1. The van der Waals surface area contributed by atoms with Gasteiger partial charge in [0.1, 0.15) is 15.9 Å². The topological polar surface area (TPSA) is 75.2 Å². The molecule has 0 saturated carbocycles. The predicted molar refractivity (Wildman–Crippen MR) is 105 cm³/mol. The Hall–Kier alpha value is -1.81. The fraction of sp³-hybridized carbons (Fsp3) is 0.133. The Morgan fingerprint density at radius 2 is 2.08 bits per heavy atom. The van der Waals surface area contributed by atoms with Crippen molar-refractivity contribution in [2.24, 2.45) is 0 Å². The zero-order valence-electron chi connectivity index (χ0n) is 12.9. The summed E-state index contributed by atoms with van der Waals surface area (Å²) in [4.78, 5) is 26.3. The maximum absolute atomic E-state index is 12.5. The van der Waals surface area contributed by atoms with Crippen LogP contribution in [0.2, 0.25) is 5.02 Å². The van der Waals surface area contributed by atoms with Crippen molar-refractivity contribution in [3.05, 3.63) is 44.8 Å². The molecule has 0 unspecified atom stereocenters. The maximum atomic E-state index is 12.5. The molecule has 1 aliphatic rings. The molecule has 10 heteroatoms. The number of anilines is 1. The van der Waals surface area contributed by atoms with Crippen LogP contribution in [0.4, 0.5) is 5.13 Å². The summed E-state index contributed by atoms with van der Waals surface area (Å²) < 4.78 is 0.341. The highest BCUT2D eigenvalue weighted by Crippen LogP contribution is 2.32. The van der Waals surface area contributed by atoms with E-state index in [-0.39, 0.29) is 18.4 Å². The van der Waals surface area contributed by atoms with Crippen molar-refractivity contribution in [2.45, 2.75) is 6.92 Å². The zero-order valence-corrected chi connectivity index (χ0v) is 16.1. The molecule has 3 rings (SSSR count). The summed E-state index contributed by atoms with van der Waals surface area (Å²) in [5.41, 5.74) is 0.832.